The van der Waals surface area contributed by atoms with Gasteiger partial charge in [-0.3, -0.25) is 5.41 Å². The molecule has 0 saturated heterocycles. The largest absolute Gasteiger partial charge is 0.396 e. The van der Waals surface area contributed by atoms with E-state index in [4.69, 9.17) is 16.2 Å². The third-order valence-electron chi connectivity index (χ3n) is 2.92. The zero-order valence-corrected chi connectivity index (χ0v) is 11.3. The van der Waals surface area contributed by atoms with Gasteiger partial charge in [-0.05, 0) is 56.6 Å². The van der Waals surface area contributed by atoms with Crippen LogP contribution in [-0.4, -0.2) is 36.0 Å². The van der Waals surface area contributed by atoms with Crippen LogP contribution in [0.1, 0.15) is 30.4 Å². The van der Waals surface area contributed by atoms with Gasteiger partial charge in [0.25, 0.3) is 0 Å². The topological polar surface area (TPSA) is 73.3 Å². The molecular formula is C14H22FN3O. The average molecular weight is 267 g/mol. The van der Waals surface area contributed by atoms with Crippen LogP contribution in [-0.2, 0) is 6.54 Å². The zero-order valence-electron chi connectivity index (χ0n) is 11.3. The number of nitrogens with zero attached hydrogens (tertiary/aromatic N) is 1. The van der Waals surface area contributed by atoms with E-state index >= 15 is 0 Å². The summed E-state index contributed by atoms with van der Waals surface area (Å²) < 4.78 is 13.4. The Morgan fingerprint density at radius 2 is 2.05 bits per heavy atom. The maximum Gasteiger partial charge on any atom is 0.124 e. The Hall–Kier alpha value is -1.46. The highest BCUT2D eigenvalue weighted by molar-refractivity contribution is 5.95. The maximum atomic E-state index is 13.4. The Kier molecular flexibility index (Phi) is 6.45. The summed E-state index contributed by atoms with van der Waals surface area (Å²) in [6, 6.07) is 4.49. The van der Waals surface area contributed by atoms with Crippen LogP contribution in [0.3, 0.4) is 0 Å². The number of nitrogens with two attached hydrogens (primary N) is 1. The number of hydrogen-bond donors (Lipinski definition) is 3. The molecule has 0 aliphatic heterocycles. The monoisotopic (exact) mass is 267 g/mol. The summed E-state index contributed by atoms with van der Waals surface area (Å²) in [5, 5.41) is 16.0. The lowest BCUT2D eigenvalue weighted by atomic mass is 10.1. The third-order valence-corrected chi connectivity index (χ3v) is 2.92. The second-order valence-corrected chi connectivity index (χ2v) is 4.78. The lowest BCUT2D eigenvalue weighted by molar-refractivity contribution is 0.271. The number of nitrogen functional groups attached to an aromatic ring is 1. The minimum atomic E-state index is -0.364. The van der Waals surface area contributed by atoms with Crippen LogP contribution in [0.25, 0.3) is 0 Å². The van der Waals surface area contributed by atoms with Gasteiger partial charge in [-0.15, -0.1) is 0 Å². The van der Waals surface area contributed by atoms with Crippen molar-refractivity contribution < 1.29 is 9.50 Å². The first-order valence-corrected chi connectivity index (χ1v) is 6.46. The molecule has 0 bridgehead atoms. The molecule has 0 spiro atoms. The zero-order chi connectivity index (χ0) is 14.3. The van der Waals surface area contributed by atoms with Gasteiger partial charge < -0.3 is 15.7 Å². The first-order chi connectivity index (χ1) is 9.02. The molecule has 4 N–H and O–H groups in total. The Bertz CT molecular complexity index is 423. The van der Waals surface area contributed by atoms with Crippen molar-refractivity contribution in [2.24, 2.45) is 5.73 Å². The highest BCUT2D eigenvalue weighted by Crippen LogP contribution is 2.11. The molecule has 0 fully saturated rings. The van der Waals surface area contributed by atoms with Crippen molar-refractivity contribution in [3.05, 3.63) is 35.1 Å². The second-order valence-electron chi connectivity index (χ2n) is 4.78. The smallest absolute Gasteiger partial charge is 0.124 e. The Balaban J connectivity index is 2.53. The van der Waals surface area contributed by atoms with Crippen molar-refractivity contribution in [2.45, 2.75) is 25.8 Å². The van der Waals surface area contributed by atoms with Gasteiger partial charge in [-0.1, -0.05) is 0 Å². The maximum absolute atomic E-state index is 13.4. The molecule has 0 radical (unpaired) electrons. The average Bonchev–Trinajstić information content (AvgIpc) is 2.34. The number of aliphatic hydroxyl groups is 1. The summed E-state index contributed by atoms with van der Waals surface area (Å²) in [6.07, 6.45) is 2.82. The minimum absolute atomic E-state index is 0.119. The normalized spacial score (nSPS) is 10.9. The highest BCUT2D eigenvalue weighted by atomic mass is 19.1. The second kappa shape index (κ2) is 7.86. The molecule has 4 nitrogen and oxygen atoms in total. The first-order valence-electron chi connectivity index (χ1n) is 6.46. The summed E-state index contributed by atoms with van der Waals surface area (Å²) in [7, 11) is 1.97. The van der Waals surface area contributed by atoms with E-state index in [2.05, 4.69) is 4.90 Å². The lowest BCUT2D eigenvalue weighted by Crippen LogP contribution is -2.20. The number of nitrogens with one attached hydrogen (secondary N) is 1. The summed E-state index contributed by atoms with van der Waals surface area (Å²) >= 11 is 0. The van der Waals surface area contributed by atoms with Gasteiger partial charge >= 0.3 is 0 Å². The Morgan fingerprint density at radius 3 is 2.68 bits per heavy atom. The molecule has 5 heteroatoms. The van der Waals surface area contributed by atoms with Crippen LogP contribution in [0.15, 0.2) is 18.2 Å². The fourth-order valence-corrected chi connectivity index (χ4v) is 1.96. The van der Waals surface area contributed by atoms with E-state index in [1.54, 1.807) is 6.07 Å². The van der Waals surface area contributed by atoms with Crippen molar-refractivity contribution >= 4 is 5.84 Å². The van der Waals surface area contributed by atoms with Crippen LogP contribution in [0.5, 0.6) is 0 Å². The lowest BCUT2D eigenvalue weighted by Gasteiger charge is -2.17. The van der Waals surface area contributed by atoms with E-state index in [0.717, 1.165) is 31.4 Å². The molecular weight excluding hydrogens is 245 g/mol. The van der Waals surface area contributed by atoms with E-state index in [1.165, 1.54) is 12.1 Å². The van der Waals surface area contributed by atoms with Gasteiger partial charge in [-0.25, -0.2) is 4.39 Å². The van der Waals surface area contributed by atoms with Crippen LogP contribution >= 0.6 is 0 Å². The molecule has 1 rings (SSSR count). The molecule has 1 aromatic rings. The van der Waals surface area contributed by atoms with Gasteiger partial charge in [0.15, 0.2) is 0 Å². The highest BCUT2D eigenvalue weighted by Gasteiger charge is 2.06. The fraction of sp³-hybridized carbons (Fsp3) is 0.500. The third kappa shape index (κ3) is 5.81. The number of hydrogen-bond acceptors (Lipinski definition) is 3. The molecule has 19 heavy (non-hydrogen) atoms. The van der Waals surface area contributed by atoms with E-state index in [0.29, 0.717) is 12.1 Å². The SMILES string of the molecule is CN(CCCCCO)Cc1cc(F)cc(C(=N)N)c1. The molecule has 0 atom stereocenters. The summed E-state index contributed by atoms with van der Waals surface area (Å²) in [6.45, 7) is 1.75. The van der Waals surface area contributed by atoms with Gasteiger partial charge in [0.1, 0.15) is 11.7 Å². The van der Waals surface area contributed by atoms with Gasteiger partial charge in [-0.2, -0.15) is 0 Å². The number of halogens is 1. The number of aliphatic hydroxyl groups excluding tert-OH is 1. The van der Waals surface area contributed by atoms with Crippen LogP contribution in [0, 0.1) is 11.2 Å². The van der Waals surface area contributed by atoms with Gasteiger partial charge in [0.05, 0.1) is 0 Å². The van der Waals surface area contributed by atoms with Gasteiger partial charge in [0, 0.05) is 18.7 Å². The molecule has 1 aromatic carbocycles. The number of amidine groups is 1. The number of unbranched alkanes of at least 4 members (excludes halogenated alkanes) is 2. The predicted octanol–water partition coefficient (Wildman–Crippen LogP) is 1.70. The summed E-state index contributed by atoms with van der Waals surface area (Å²) in [4.78, 5) is 2.09. The van der Waals surface area contributed by atoms with E-state index in [9.17, 15) is 4.39 Å². The van der Waals surface area contributed by atoms with Crippen molar-refractivity contribution in [3.63, 3.8) is 0 Å². The van der Waals surface area contributed by atoms with Crippen molar-refractivity contribution in [3.8, 4) is 0 Å². The molecule has 106 valence electrons. The van der Waals surface area contributed by atoms with Crippen LogP contribution < -0.4 is 5.73 Å². The molecule has 0 heterocycles. The Labute approximate surface area is 113 Å². The Morgan fingerprint density at radius 1 is 1.32 bits per heavy atom. The van der Waals surface area contributed by atoms with Crippen molar-refractivity contribution in [1.29, 1.82) is 5.41 Å². The predicted molar refractivity (Wildman–Crippen MR) is 74.7 cm³/mol. The summed E-state index contributed by atoms with van der Waals surface area (Å²) in [5.74, 6) is -0.484. The molecule has 0 aromatic heterocycles. The van der Waals surface area contributed by atoms with Crippen molar-refractivity contribution in [2.75, 3.05) is 20.2 Å². The van der Waals surface area contributed by atoms with E-state index < -0.39 is 0 Å². The number of rotatable bonds is 8. The molecule has 0 aliphatic rings. The van der Waals surface area contributed by atoms with E-state index in [-0.39, 0.29) is 18.3 Å². The fourth-order valence-electron chi connectivity index (χ4n) is 1.96. The molecule has 0 aliphatic carbocycles. The minimum Gasteiger partial charge on any atom is -0.396 e. The van der Waals surface area contributed by atoms with Crippen molar-refractivity contribution in [1.82, 2.24) is 4.90 Å². The van der Waals surface area contributed by atoms with E-state index in [1.807, 2.05) is 7.05 Å². The standard InChI is InChI=1S/C14H22FN3O/c1-18(5-3-2-4-6-19)10-11-7-12(14(16)17)9-13(15)8-11/h7-9,19H,2-6,10H2,1H3,(H3,16,17). The molecule has 0 unspecified atom stereocenters. The quantitative estimate of drug-likeness (QED) is 0.381. The summed E-state index contributed by atoms with van der Waals surface area (Å²) in [5.41, 5.74) is 6.61. The number of benzene rings is 1. The van der Waals surface area contributed by atoms with Gasteiger partial charge in [0.2, 0.25) is 0 Å². The van der Waals surface area contributed by atoms with Crippen LogP contribution in [0.4, 0.5) is 4.39 Å². The first kappa shape index (κ1) is 15.6. The molecule has 0 amide bonds. The molecule has 0 saturated carbocycles. The van der Waals surface area contributed by atoms with Crippen LogP contribution in [0.2, 0.25) is 0 Å².